The van der Waals surface area contributed by atoms with Gasteiger partial charge in [0.1, 0.15) is 23.9 Å². The van der Waals surface area contributed by atoms with Crippen LogP contribution in [0.4, 0.5) is 0 Å². The van der Waals surface area contributed by atoms with Gasteiger partial charge in [-0.2, -0.15) is 0 Å². The van der Waals surface area contributed by atoms with Gasteiger partial charge in [0, 0.05) is 12.7 Å². The van der Waals surface area contributed by atoms with Crippen molar-refractivity contribution < 1.29 is 23.7 Å². The van der Waals surface area contributed by atoms with Gasteiger partial charge < -0.3 is 23.7 Å². The highest BCUT2D eigenvalue weighted by Crippen LogP contribution is 2.45. The van der Waals surface area contributed by atoms with Crippen LogP contribution in [0.5, 0.6) is 11.5 Å². The summed E-state index contributed by atoms with van der Waals surface area (Å²) in [5, 5.41) is 13.4. The second-order valence-electron chi connectivity index (χ2n) is 12.2. The van der Waals surface area contributed by atoms with E-state index < -0.39 is 20.0 Å². The third-order valence-corrected chi connectivity index (χ3v) is 12.9. The van der Waals surface area contributed by atoms with Crippen LogP contribution in [0.2, 0.25) is 5.04 Å². The van der Waals surface area contributed by atoms with Gasteiger partial charge in [-0.05, 0) is 72.6 Å². The minimum Gasteiger partial charge on any atom is -0.534 e. The lowest BCUT2D eigenvalue weighted by molar-refractivity contribution is -0.0398. The van der Waals surface area contributed by atoms with Gasteiger partial charge in [0.25, 0.3) is 0 Å². The molecule has 0 saturated carbocycles. The van der Waals surface area contributed by atoms with Crippen LogP contribution in [0.3, 0.4) is 0 Å². The molecule has 3 aromatic rings. The van der Waals surface area contributed by atoms with E-state index in [-0.39, 0.29) is 17.7 Å². The Balaban J connectivity index is 1.86. The van der Waals surface area contributed by atoms with Crippen molar-refractivity contribution in [3.05, 3.63) is 83.9 Å². The van der Waals surface area contributed by atoms with Crippen LogP contribution in [0.1, 0.15) is 64.5 Å². The van der Waals surface area contributed by atoms with Crippen LogP contribution in [-0.4, -0.2) is 45.6 Å². The Hall–Kier alpha value is -2.64. The lowest BCUT2D eigenvalue weighted by Gasteiger charge is -2.43. The summed E-state index contributed by atoms with van der Waals surface area (Å²) < 4.78 is 24.6. The molecule has 0 bridgehead atoms. The predicted octanol–water partition coefficient (Wildman–Crippen LogP) is 5.95. The maximum Gasteiger partial charge on any atom is 0.319 e. The molecule has 0 amide bonds. The number of ether oxygens (including phenoxy) is 3. The van der Waals surface area contributed by atoms with E-state index in [0.29, 0.717) is 13.0 Å². The molecular weight excluding hydrogens is 504 g/mol. The molecule has 0 unspecified atom stereocenters. The van der Waals surface area contributed by atoms with Gasteiger partial charge in [0.2, 0.25) is 0 Å². The largest absolute Gasteiger partial charge is 0.534 e. The molecule has 0 radical (unpaired) electrons. The first kappa shape index (κ1) is 29.3. The molecule has 3 aromatic carbocycles. The first-order chi connectivity index (χ1) is 18.5. The highest BCUT2D eigenvalue weighted by molar-refractivity contribution is 7.00. The number of hydrogen-bond donors (Lipinski definition) is 1. The molecule has 1 heterocycles. The zero-order valence-corrected chi connectivity index (χ0v) is 25.5. The number of fused-ring (bicyclic) bond motifs is 1. The summed E-state index contributed by atoms with van der Waals surface area (Å²) >= 11 is 0. The summed E-state index contributed by atoms with van der Waals surface area (Å²) in [7, 11) is -1.19. The van der Waals surface area contributed by atoms with E-state index in [1.807, 2.05) is 13.8 Å². The van der Waals surface area contributed by atoms with Gasteiger partial charge in [-0.1, -0.05) is 81.4 Å². The average Bonchev–Trinajstić information content (AvgIpc) is 2.98. The molecule has 4 rings (SSSR count). The monoisotopic (exact) mass is 548 g/mol. The number of aliphatic hydroxyl groups is 1. The number of benzene rings is 3. The van der Waals surface area contributed by atoms with Crippen LogP contribution in [-0.2, 0) is 9.47 Å². The molecule has 39 heavy (non-hydrogen) atoms. The van der Waals surface area contributed by atoms with Crippen LogP contribution >= 0.6 is 0 Å². The van der Waals surface area contributed by atoms with Gasteiger partial charge in [0.05, 0.1) is 12.7 Å². The molecule has 1 N–H and O–H groups in total. The topological polar surface area (TPSA) is 57.2 Å². The van der Waals surface area contributed by atoms with Crippen molar-refractivity contribution in [1.82, 2.24) is 0 Å². The highest BCUT2D eigenvalue weighted by atomic mass is 28.4. The van der Waals surface area contributed by atoms with Crippen molar-refractivity contribution >= 4 is 18.7 Å². The first-order valence-corrected chi connectivity index (χ1v) is 15.8. The van der Waals surface area contributed by atoms with Crippen molar-refractivity contribution in [2.45, 2.75) is 77.0 Å². The zero-order chi connectivity index (χ0) is 28.3. The predicted molar refractivity (Wildman–Crippen MR) is 160 cm³/mol. The van der Waals surface area contributed by atoms with E-state index in [9.17, 15) is 5.11 Å². The van der Waals surface area contributed by atoms with Gasteiger partial charge >= 0.3 is 8.32 Å². The van der Waals surface area contributed by atoms with E-state index in [4.69, 9.17) is 18.6 Å². The first-order valence-electron chi connectivity index (χ1n) is 13.9. The third-order valence-electron chi connectivity index (χ3n) is 7.92. The van der Waals surface area contributed by atoms with Crippen LogP contribution in [0.25, 0.3) is 0 Å². The van der Waals surface area contributed by atoms with Crippen LogP contribution in [0.15, 0.2) is 72.8 Å². The fourth-order valence-corrected chi connectivity index (χ4v) is 10.2. The van der Waals surface area contributed by atoms with Gasteiger partial charge in [-0.25, -0.2) is 0 Å². The Morgan fingerprint density at radius 3 is 2.10 bits per heavy atom. The summed E-state index contributed by atoms with van der Waals surface area (Å²) in [6, 6.07) is 25.6. The van der Waals surface area contributed by atoms with E-state index >= 15 is 0 Å². The fourth-order valence-electron chi connectivity index (χ4n) is 5.68. The third kappa shape index (κ3) is 6.09. The molecule has 0 aliphatic carbocycles. The van der Waals surface area contributed by atoms with Gasteiger partial charge in [-0.15, -0.1) is 0 Å². The molecule has 1 aliphatic heterocycles. The smallest absolute Gasteiger partial charge is 0.319 e. The summed E-state index contributed by atoms with van der Waals surface area (Å²) in [4.78, 5) is 0. The molecule has 6 heteroatoms. The SMILES string of the molecule is COCOCC[C@H]1C[C@H](O)C(C)(C)Oc2cc(C)c(O[Si](c3ccccc3)(c3ccccc3)C(C)(C)C)cc21. The van der Waals surface area contributed by atoms with E-state index in [1.54, 1.807) is 7.11 Å². The molecule has 5 nitrogen and oxygen atoms in total. The second kappa shape index (κ2) is 11.8. The van der Waals surface area contributed by atoms with Crippen molar-refractivity contribution in [2.24, 2.45) is 0 Å². The molecule has 0 saturated heterocycles. The van der Waals surface area contributed by atoms with Crippen LogP contribution < -0.4 is 19.5 Å². The summed E-state index contributed by atoms with van der Waals surface area (Å²) in [5.41, 5.74) is 1.37. The molecule has 0 aromatic heterocycles. The van der Waals surface area contributed by atoms with Crippen molar-refractivity contribution in [2.75, 3.05) is 20.5 Å². The Morgan fingerprint density at radius 1 is 0.974 bits per heavy atom. The number of rotatable bonds is 9. The number of aliphatic hydroxyl groups excluding tert-OH is 1. The Morgan fingerprint density at radius 2 is 1.56 bits per heavy atom. The fraction of sp³-hybridized carbons (Fsp3) is 0.455. The minimum atomic E-state index is -2.81. The maximum absolute atomic E-state index is 11.1. The Labute approximate surface area is 235 Å². The second-order valence-corrected chi connectivity index (χ2v) is 16.4. The van der Waals surface area contributed by atoms with E-state index in [0.717, 1.165) is 29.0 Å². The molecule has 1 aliphatic rings. The van der Waals surface area contributed by atoms with Crippen molar-refractivity contribution in [3.63, 3.8) is 0 Å². The van der Waals surface area contributed by atoms with E-state index in [1.165, 1.54) is 10.4 Å². The Kier molecular flexibility index (Phi) is 8.91. The normalized spacial score (nSPS) is 19.1. The van der Waals surface area contributed by atoms with Gasteiger partial charge in [0.15, 0.2) is 0 Å². The zero-order valence-electron chi connectivity index (χ0n) is 24.5. The number of aryl methyl sites for hydroxylation is 1. The maximum atomic E-state index is 11.1. The molecule has 210 valence electrons. The number of methoxy groups -OCH3 is 1. The number of hydrogen-bond acceptors (Lipinski definition) is 5. The average molecular weight is 549 g/mol. The summed E-state index contributed by atoms with van der Waals surface area (Å²) in [5.74, 6) is 1.72. The molecular formula is C33H44O5Si. The molecule has 0 fully saturated rings. The molecule has 2 atom stereocenters. The van der Waals surface area contributed by atoms with Crippen LogP contribution in [0, 0.1) is 6.92 Å². The summed E-state index contributed by atoms with van der Waals surface area (Å²) in [6.07, 6.45) is 0.714. The standard InChI is InChI=1S/C33H44O5Si/c1-24-20-30-28(25(18-19-36-23-35-7)21-31(34)33(5,6)37-30)22-29(24)38-39(32(2,3)4,26-14-10-8-11-15-26)27-16-12-9-13-17-27/h8-17,20,22,25,31,34H,18-19,21,23H2,1-7H3/t25-,31-/m0/s1. The quantitative estimate of drug-likeness (QED) is 0.203. The minimum absolute atomic E-state index is 0.0516. The summed E-state index contributed by atoms with van der Waals surface area (Å²) in [6.45, 7) is 13.6. The van der Waals surface area contributed by atoms with E-state index in [2.05, 4.69) is 100 Å². The lowest BCUT2D eigenvalue weighted by Crippen LogP contribution is -2.68. The Bertz CT molecular complexity index is 1180. The van der Waals surface area contributed by atoms with Gasteiger partial charge in [-0.3, -0.25) is 0 Å². The van der Waals surface area contributed by atoms with Crippen molar-refractivity contribution in [3.8, 4) is 11.5 Å². The highest BCUT2D eigenvalue weighted by Gasteiger charge is 2.52. The lowest BCUT2D eigenvalue weighted by atomic mass is 9.86. The molecule has 0 spiro atoms. The van der Waals surface area contributed by atoms with Crippen molar-refractivity contribution in [1.29, 1.82) is 0 Å².